The van der Waals surface area contributed by atoms with Gasteiger partial charge in [-0.2, -0.15) is 0 Å². The molecule has 1 heterocycles. The highest BCUT2D eigenvalue weighted by Crippen LogP contribution is 2.28. The lowest BCUT2D eigenvalue weighted by Crippen LogP contribution is -2.35. The summed E-state index contributed by atoms with van der Waals surface area (Å²) < 4.78 is 5.23. The van der Waals surface area contributed by atoms with Gasteiger partial charge in [0, 0.05) is 13.1 Å². The summed E-state index contributed by atoms with van der Waals surface area (Å²) in [5, 5.41) is 6.16. The number of carbonyl (C=O) groups is 2. The second-order valence-electron chi connectivity index (χ2n) is 7.40. The van der Waals surface area contributed by atoms with E-state index >= 15 is 0 Å². The first kappa shape index (κ1) is 20.6. The van der Waals surface area contributed by atoms with Gasteiger partial charge in [-0.05, 0) is 29.7 Å². The number of para-hydroxylation sites is 1. The highest BCUT2D eigenvalue weighted by molar-refractivity contribution is 5.84. The Morgan fingerprint density at radius 2 is 1.52 bits per heavy atom. The van der Waals surface area contributed by atoms with Crippen LogP contribution in [0.4, 0.5) is 4.79 Å². The molecule has 0 saturated carbocycles. The Bertz CT molecular complexity index is 996. The molecule has 0 aromatic heterocycles. The molecule has 3 aromatic carbocycles. The molecule has 4 rings (SSSR count). The highest BCUT2D eigenvalue weighted by Gasteiger charge is 2.39. The number of ether oxygens (including phenoxy) is 1. The molecule has 158 valence electrons. The summed E-state index contributed by atoms with van der Waals surface area (Å²) >= 11 is 0. The Labute approximate surface area is 181 Å². The monoisotopic (exact) mass is 415 g/mol. The van der Waals surface area contributed by atoms with Gasteiger partial charge in [0.15, 0.2) is 0 Å². The van der Waals surface area contributed by atoms with Crippen LogP contribution >= 0.6 is 0 Å². The molecule has 0 aliphatic carbocycles. The van der Waals surface area contributed by atoms with Crippen molar-refractivity contribution >= 4 is 12.0 Å². The van der Waals surface area contributed by atoms with Crippen molar-refractivity contribution in [3.05, 3.63) is 102 Å². The van der Waals surface area contributed by atoms with Crippen molar-refractivity contribution in [1.82, 2.24) is 15.5 Å². The Hall–Kier alpha value is -3.64. The minimum atomic E-state index is -0.530. The van der Waals surface area contributed by atoms with Gasteiger partial charge in [0.05, 0.1) is 6.04 Å². The van der Waals surface area contributed by atoms with Crippen molar-refractivity contribution in [2.24, 2.45) is 0 Å². The van der Waals surface area contributed by atoms with E-state index in [1.165, 1.54) is 0 Å². The molecule has 1 aliphatic heterocycles. The molecule has 6 nitrogen and oxygen atoms in total. The third-order valence-electron chi connectivity index (χ3n) is 5.22. The smallest absolute Gasteiger partial charge is 0.410 e. The molecule has 3 aromatic rings. The molecule has 0 radical (unpaired) electrons. The molecule has 2 N–H and O–H groups in total. The lowest BCUT2D eigenvalue weighted by molar-refractivity contribution is -0.130. The van der Waals surface area contributed by atoms with Gasteiger partial charge in [-0.1, -0.05) is 78.9 Å². The summed E-state index contributed by atoms with van der Waals surface area (Å²) in [4.78, 5) is 27.0. The van der Waals surface area contributed by atoms with Crippen LogP contribution in [-0.2, 0) is 11.3 Å². The van der Waals surface area contributed by atoms with Gasteiger partial charge >= 0.3 is 6.09 Å². The van der Waals surface area contributed by atoms with Gasteiger partial charge in [0.2, 0.25) is 5.91 Å². The summed E-state index contributed by atoms with van der Waals surface area (Å²) in [7, 11) is 0. The van der Waals surface area contributed by atoms with Gasteiger partial charge in [-0.15, -0.1) is 0 Å². The number of benzene rings is 3. The molecule has 1 saturated heterocycles. The average molecular weight is 415 g/mol. The fourth-order valence-electron chi connectivity index (χ4n) is 3.70. The van der Waals surface area contributed by atoms with Crippen LogP contribution < -0.4 is 15.4 Å². The third kappa shape index (κ3) is 5.29. The largest absolute Gasteiger partial charge is 0.412 e. The molecule has 0 spiro atoms. The van der Waals surface area contributed by atoms with E-state index in [0.29, 0.717) is 25.3 Å². The van der Waals surface area contributed by atoms with E-state index < -0.39 is 6.09 Å². The summed E-state index contributed by atoms with van der Waals surface area (Å²) in [6.45, 7) is 0.849. The van der Waals surface area contributed by atoms with E-state index in [0.717, 1.165) is 11.1 Å². The molecule has 1 fully saturated rings. The van der Waals surface area contributed by atoms with Crippen molar-refractivity contribution in [1.29, 1.82) is 0 Å². The van der Waals surface area contributed by atoms with Crippen LogP contribution in [-0.4, -0.2) is 29.5 Å². The Morgan fingerprint density at radius 1 is 0.903 bits per heavy atom. The molecule has 31 heavy (non-hydrogen) atoms. The second-order valence-corrected chi connectivity index (χ2v) is 7.40. The van der Waals surface area contributed by atoms with Gasteiger partial charge in [-0.3, -0.25) is 10.1 Å². The molecule has 1 unspecified atom stereocenters. The predicted octanol–water partition coefficient (Wildman–Crippen LogP) is 3.86. The fraction of sp³-hybridized carbons (Fsp3) is 0.200. The Morgan fingerprint density at radius 3 is 2.19 bits per heavy atom. The zero-order valence-corrected chi connectivity index (χ0v) is 17.1. The van der Waals surface area contributed by atoms with Gasteiger partial charge in [0.1, 0.15) is 11.9 Å². The van der Waals surface area contributed by atoms with E-state index in [9.17, 15) is 9.59 Å². The second kappa shape index (κ2) is 9.91. The van der Waals surface area contributed by atoms with E-state index in [-0.39, 0.29) is 18.1 Å². The van der Waals surface area contributed by atoms with Crippen LogP contribution in [0.3, 0.4) is 0 Å². The van der Waals surface area contributed by atoms with Crippen molar-refractivity contribution in [3.8, 4) is 5.75 Å². The zero-order valence-electron chi connectivity index (χ0n) is 17.1. The number of hydrogen-bond acceptors (Lipinski definition) is 4. The number of amides is 2. The molecular formula is C25H25N3O3. The van der Waals surface area contributed by atoms with Crippen LogP contribution in [0.2, 0.25) is 0 Å². The SMILES string of the molecule is O=C(NCC[C@@H]1NC(c2ccccc2)N(Cc2ccccc2)C1=O)Oc1ccccc1. The van der Waals surface area contributed by atoms with Gasteiger partial charge < -0.3 is 15.0 Å². The maximum atomic E-state index is 13.2. The number of carbonyl (C=O) groups excluding carboxylic acids is 2. The quantitative estimate of drug-likeness (QED) is 0.615. The van der Waals surface area contributed by atoms with Gasteiger partial charge in [0.25, 0.3) is 0 Å². The van der Waals surface area contributed by atoms with Crippen molar-refractivity contribution in [3.63, 3.8) is 0 Å². The molecule has 2 amide bonds. The maximum Gasteiger partial charge on any atom is 0.412 e. The van der Waals surface area contributed by atoms with Crippen LogP contribution in [0.5, 0.6) is 5.75 Å². The first-order valence-electron chi connectivity index (χ1n) is 10.4. The Kier molecular flexibility index (Phi) is 6.59. The fourth-order valence-corrected chi connectivity index (χ4v) is 3.70. The van der Waals surface area contributed by atoms with E-state index in [1.807, 2.05) is 71.6 Å². The van der Waals surface area contributed by atoms with E-state index in [2.05, 4.69) is 10.6 Å². The topological polar surface area (TPSA) is 70.7 Å². The summed E-state index contributed by atoms with van der Waals surface area (Å²) in [6.07, 6.45) is -0.273. The summed E-state index contributed by atoms with van der Waals surface area (Å²) in [5.41, 5.74) is 2.11. The normalized spacial score (nSPS) is 18.1. The third-order valence-corrected chi connectivity index (χ3v) is 5.22. The predicted molar refractivity (Wildman–Crippen MR) is 118 cm³/mol. The highest BCUT2D eigenvalue weighted by atomic mass is 16.6. The molecular weight excluding hydrogens is 390 g/mol. The van der Waals surface area contributed by atoms with Crippen LogP contribution in [0.15, 0.2) is 91.0 Å². The van der Waals surface area contributed by atoms with Crippen LogP contribution in [0.1, 0.15) is 23.7 Å². The maximum absolute atomic E-state index is 13.2. The van der Waals surface area contributed by atoms with Crippen molar-refractivity contribution in [2.45, 2.75) is 25.2 Å². The molecule has 0 bridgehead atoms. The number of hydrogen-bond donors (Lipinski definition) is 2. The number of nitrogens with one attached hydrogen (secondary N) is 2. The van der Waals surface area contributed by atoms with Crippen molar-refractivity contribution in [2.75, 3.05) is 6.54 Å². The zero-order chi connectivity index (χ0) is 21.5. The average Bonchev–Trinajstić information content (AvgIpc) is 3.11. The summed E-state index contributed by atoms with van der Waals surface area (Å²) in [6, 6.07) is 28.4. The standard InChI is InChI=1S/C25H25N3O3/c29-24-22(16-17-26-25(30)31-21-14-8-3-9-15-21)27-23(20-12-6-2-7-13-20)28(24)18-19-10-4-1-5-11-19/h1-15,22-23,27H,16-18H2,(H,26,30)/t22-,23?/m0/s1. The summed E-state index contributed by atoms with van der Waals surface area (Å²) in [5.74, 6) is 0.504. The van der Waals surface area contributed by atoms with Crippen LogP contribution in [0.25, 0.3) is 0 Å². The first-order valence-corrected chi connectivity index (χ1v) is 10.4. The lowest BCUT2D eigenvalue weighted by atomic mass is 10.1. The van der Waals surface area contributed by atoms with E-state index in [1.54, 1.807) is 24.3 Å². The molecule has 6 heteroatoms. The molecule has 1 aliphatic rings. The Balaban J connectivity index is 1.39. The minimum absolute atomic E-state index is 0.0240. The van der Waals surface area contributed by atoms with Crippen LogP contribution in [0, 0.1) is 0 Å². The van der Waals surface area contributed by atoms with Crippen molar-refractivity contribution < 1.29 is 14.3 Å². The number of rotatable bonds is 7. The minimum Gasteiger partial charge on any atom is -0.410 e. The molecule has 2 atom stereocenters. The van der Waals surface area contributed by atoms with E-state index in [4.69, 9.17) is 4.74 Å². The number of nitrogens with zero attached hydrogens (tertiary/aromatic N) is 1. The van der Waals surface area contributed by atoms with Gasteiger partial charge in [-0.25, -0.2) is 4.79 Å². The lowest BCUT2D eigenvalue weighted by Gasteiger charge is -2.24. The first-order chi connectivity index (χ1) is 15.2.